The molecule has 0 radical (unpaired) electrons. The van der Waals surface area contributed by atoms with Gasteiger partial charge in [0.25, 0.3) is 0 Å². The predicted octanol–water partition coefficient (Wildman–Crippen LogP) is 6.58. The second-order valence-corrected chi connectivity index (χ2v) is 7.68. The van der Waals surface area contributed by atoms with Crippen molar-refractivity contribution in [1.82, 2.24) is 9.97 Å². The molecule has 0 unspecified atom stereocenters. The summed E-state index contributed by atoms with van der Waals surface area (Å²) in [6, 6.07) is 12.5. The topological polar surface area (TPSA) is 63.8 Å². The van der Waals surface area contributed by atoms with Gasteiger partial charge in [0.05, 0.1) is 26.8 Å². The first-order chi connectivity index (χ1) is 13.9. The molecule has 0 aliphatic heterocycles. The predicted molar refractivity (Wildman–Crippen MR) is 115 cm³/mol. The van der Waals surface area contributed by atoms with E-state index in [9.17, 15) is 4.39 Å². The van der Waals surface area contributed by atoms with Gasteiger partial charge in [-0.3, -0.25) is 0 Å². The molecule has 3 aromatic carbocycles. The van der Waals surface area contributed by atoms with E-state index >= 15 is 4.39 Å². The Morgan fingerprint density at radius 3 is 2.69 bits per heavy atom. The van der Waals surface area contributed by atoms with Crippen LogP contribution in [-0.4, -0.2) is 9.97 Å². The number of nitrogens with one attached hydrogen (secondary N) is 1. The van der Waals surface area contributed by atoms with E-state index in [4.69, 9.17) is 28.9 Å². The SMILES string of the molecule is Nc1ncc2cc(-c3c(F)ccc(NSc4cccc(Cl)c4Cl)c3F)ccc2n1. The number of hydrogen-bond donors (Lipinski definition) is 2. The standard InChI is InChI=1S/C20H12Cl2F2N4S/c21-12-2-1-3-16(18(12)22)29-28-15-7-5-13(23)17(19(15)24)10-4-6-14-11(8-10)9-26-20(25)27-14/h1-9,28H,(H2,25,26,27). The highest BCUT2D eigenvalue weighted by Gasteiger charge is 2.17. The van der Waals surface area contributed by atoms with E-state index in [-0.39, 0.29) is 17.2 Å². The minimum atomic E-state index is -0.730. The number of nitrogen functional groups attached to an aromatic ring is 1. The summed E-state index contributed by atoms with van der Waals surface area (Å²) in [6.07, 6.45) is 1.51. The molecule has 1 heterocycles. The van der Waals surface area contributed by atoms with Crippen LogP contribution < -0.4 is 10.5 Å². The fraction of sp³-hybridized carbons (Fsp3) is 0. The maximum atomic E-state index is 15.1. The second kappa shape index (κ2) is 8.02. The summed E-state index contributed by atoms with van der Waals surface area (Å²) in [5.74, 6) is -1.29. The van der Waals surface area contributed by atoms with E-state index in [0.717, 1.165) is 11.9 Å². The van der Waals surface area contributed by atoms with Crippen LogP contribution in [0.5, 0.6) is 0 Å². The van der Waals surface area contributed by atoms with Crippen LogP contribution in [-0.2, 0) is 0 Å². The van der Waals surface area contributed by atoms with E-state index < -0.39 is 11.6 Å². The van der Waals surface area contributed by atoms with Crippen molar-refractivity contribution in [3.8, 4) is 11.1 Å². The van der Waals surface area contributed by atoms with E-state index in [2.05, 4.69) is 14.7 Å². The summed E-state index contributed by atoms with van der Waals surface area (Å²) in [4.78, 5) is 8.63. The van der Waals surface area contributed by atoms with Crippen LogP contribution in [0.15, 0.2) is 59.6 Å². The highest BCUT2D eigenvalue weighted by Crippen LogP contribution is 2.36. The smallest absolute Gasteiger partial charge is 0.220 e. The number of anilines is 2. The molecule has 0 aliphatic carbocycles. The number of nitrogens with two attached hydrogens (primary N) is 1. The first-order valence-corrected chi connectivity index (χ1v) is 9.89. The van der Waals surface area contributed by atoms with E-state index in [0.29, 0.717) is 31.4 Å². The molecular formula is C20H12Cl2F2N4S. The third kappa shape index (κ3) is 3.94. The van der Waals surface area contributed by atoms with E-state index in [1.54, 1.807) is 36.4 Å². The average Bonchev–Trinajstić information content (AvgIpc) is 2.70. The van der Waals surface area contributed by atoms with Gasteiger partial charge < -0.3 is 10.5 Å². The molecule has 4 nitrogen and oxygen atoms in total. The highest BCUT2D eigenvalue weighted by atomic mass is 35.5. The number of hydrogen-bond acceptors (Lipinski definition) is 5. The van der Waals surface area contributed by atoms with Gasteiger partial charge in [-0.25, -0.2) is 18.7 Å². The third-order valence-electron chi connectivity index (χ3n) is 4.17. The normalized spacial score (nSPS) is 11.0. The van der Waals surface area contributed by atoms with Crippen molar-refractivity contribution in [2.75, 3.05) is 10.5 Å². The Morgan fingerprint density at radius 1 is 1.03 bits per heavy atom. The Balaban J connectivity index is 1.70. The van der Waals surface area contributed by atoms with Crippen LogP contribution >= 0.6 is 35.1 Å². The van der Waals surface area contributed by atoms with Crippen molar-refractivity contribution >= 4 is 57.7 Å². The number of rotatable bonds is 4. The molecule has 0 amide bonds. The molecule has 4 aromatic rings. The minimum Gasteiger partial charge on any atom is -0.368 e. The van der Waals surface area contributed by atoms with E-state index in [1.165, 1.54) is 18.3 Å². The summed E-state index contributed by atoms with van der Waals surface area (Å²) in [5, 5.41) is 1.36. The first kappa shape index (κ1) is 19.7. The number of halogens is 4. The molecule has 9 heteroatoms. The number of benzene rings is 3. The van der Waals surface area contributed by atoms with Gasteiger partial charge in [-0.2, -0.15) is 0 Å². The molecule has 29 heavy (non-hydrogen) atoms. The van der Waals surface area contributed by atoms with Gasteiger partial charge in [-0.1, -0.05) is 35.3 Å². The fourth-order valence-electron chi connectivity index (χ4n) is 2.77. The van der Waals surface area contributed by atoms with Gasteiger partial charge in [0.15, 0.2) is 5.82 Å². The summed E-state index contributed by atoms with van der Waals surface area (Å²) < 4.78 is 32.5. The molecule has 0 spiro atoms. The van der Waals surface area contributed by atoms with Gasteiger partial charge in [0.1, 0.15) is 5.82 Å². The molecule has 0 saturated carbocycles. The third-order valence-corrected chi connectivity index (χ3v) is 5.98. The van der Waals surface area contributed by atoms with Gasteiger partial charge >= 0.3 is 0 Å². The van der Waals surface area contributed by atoms with Crippen LogP contribution in [0.3, 0.4) is 0 Å². The van der Waals surface area contributed by atoms with Gasteiger partial charge in [-0.05, 0) is 53.9 Å². The van der Waals surface area contributed by atoms with Crippen molar-refractivity contribution < 1.29 is 8.78 Å². The van der Waals surface area contributed by atoms with Crippen LogP contribution in [0.4, 0.5) is 20.4 Å². The Morgan fingerprint density at radius 2 is 1.86 bits per heavy atom. The molecule has 0 bridgehead atoms. The van der Waals surface area contributed by atoms with Gasteiger partial charge in [0, 0.05) is 16.5 Å². The summed E-state index contributed by atoms with van der Waals surface area (Å²) in [5.41, 5.74) is 6.46. The van der Waals surface area contributed by atoms with Crippen molar-refractivity contribution in [2.24, 2.45) is 0 Å². The van der Waals surface area contributed by atoms with Crippen molar-refractivity contribution in [3.63, 3.8) is 0 Å². The average molecular weight is 449 g/mol. The van der Waals surface area contributed by atoms with Crippen LogP contribution in [0, 0.1) is 11.6 Å². The van der Waals surface area contributed by atoms with Crippen molar-refractivity contribution in [1.29, 1.82) is 0 Å². The lowest BCUT2D eigenvalue weighted by atomic mass is 10.0. The Bertz CT molecular complexity index is 1240. The van der Waals surface area contributed by atoms with E-state index in [1.807, 2.05) is 0 Å². The Hall–Kier alpha value is -2.61. The first-order valence-electron chi connectivity index (χ1n) is 8.31. The second-order valence-electron chi connectivity index (χ2n) is 6.04. The maximum Gasteiger partial charge on any atom is 0.220 e. The lowest BCUT2D eigenvalue weighted by Gasteiger charge is -2.13. The van der Waals surface area contributed by atoms with Crippen molar-refractivity contribution in [2.45, 2.75) is 4.90 Å². The molecular weight excluding hydrogens is 437 g/mol. The molecule has 3 N–H and O–H groups in total. The van der Waals surface area contributed by atoms with Gasteiger partial charge in [-0.15, -0.1) is 0 Å². The molecule has 146 valence electrons. The lowest BCUT2D eigenvalue weighted by Crippen LogP contribution is -1.98. The minimum absolute atomic E-state index is 0.107. The van der Waals surface area contributed by atoms with Crippen LogP contribution in [0.2, 0.25) is 10.0 Å². The van der Waals surface area contributed by atoms with Crippen LogP contribution in [0.25, 0.3) is 22.0 Å². The molecule has 0 fully saturated rings. The Kier molecular flexibility index (Phi) is 5.45. The lowest BCUT2D eigenvalue weighted by molar-refractivity contribution is 0.592. The Labute approximate surface area is 179 Å². The summed E-state index contributed by atoms with van der Waals surface area (Å²) in [7, 11) is 0. The number of aromatic nitrogens is 2. The quantitative estimate of drug-likeness (QED) is 0.345. The summed E-state index contributed by atoms with van der Waals surface area (Å²) in [6.45, 7) is 0. The molecule has 0 atom stereocenters. The maximum absolute atomic E-state index is 15.1. The van der Waals surface area contributed by atoms with Gasteiger partial charge in [0.2, 0.25) is 5.95 Å². The molecule has 0 aliphatic rings. The zero-order chi connectivity index (χ0) is 20.5. The summed E-state index contributed by atoms with van der Waals surface area (Å²) >= 11 is 13.2. The highest BCUT2D eigenvalue weighted by molar-refractivity contribution is 8.00. The largest absolute Gasteiger partial charge is 0.368 e. The number of fused-ring (bicyclic) bond motifs is 1. The van der Waals surface area contributed by atoms with Crippen molar-refractivity contribution in [3.05, 3.63) is 76.4 Å². The van der Waals surface area contributed by atoms with Crippen LogP contribution in [0.1, 0.15) is 0 Å². The fourth-order valence-corrected chi connectivity index (χ4v) is 3.97. The monoisotopic (exact) mass is 448 g/mol. The molecule has 4 rings (SSSR count). The zero-order valence-corrected chi connectivity index (χ0v) is 16.9. The molecule has 0 saturated heterocycles. The molecule has 1 aromatic heterocycles. The number of nitrogens with zero attached hydrogens (tertiary/aromatic N) is 2. The zero-order valence-electron chi connectivity index (χ0n) is 14.6.